The molecule has 1 saturated heterocycles. The molecule has 0 radical (unpaired) electrons. The van der Waals surface area contributed by atoms with E-state index in [1.165, 1.54) is 0 Å². The predicted octanol–water partition coefficient (Wildman–Crippen LogP) is 3.27. The van der Waals surface area contributed by atoms with Gasteiger partial charge in [0, 0.05) is 5.69 Å². The summed E-state index contributed by atoms with van der Waals surface area (Å²) >= 11 is 0. The Morgan fingerprint density at radius 2 is 1.90 bits per heavy atom. The van der Waals surface area contributed by atoms with Gasteiger partial charge >= 0.3 is 0 Å². The van der Waals surface area contributed by atoms with Crippen LogP contribution in [0.5, 0.6) is 0 Å². The lowest BCUT2D eigenvalue weighted by Gasteiger charge is -2.42. The van der Waals surface area contributed by atoms with Gasteiger partial charge in [-0.3, -0.25) is 4.79 Å². The average molecular weight is 432 g/mol. The van der Waals surface area contributed by atoms with Crippen molar-refractivity contribution in [2.75, 3.05) is 29.6 Å². The van der Waals surface area contributed by atoms with Crippen LogP contribution in [-0.4, -0.2) is 39.8 Å². The van der Waals surface area contributed by atoms with E-state index >= 15 is 0 Å². The van der Waals surface area contributed by atoms with Crippen molar-refractivity contribution in [3.63, 3.8) is 0 Å². The first-order valence-electron chi connectivity index (χ1n) is 9.93. The molecule has 8 heteroatoms. The van der Waals surface area contributed by atoms with Crippen molar-refractivity contribution in [3.05, 3.63) is 59.2 Å². The highest BCUT2D eigenvalue weighted by Gasteiger charge is 2.38. The van der Waals surface area contributed by atoms with Gasteiger partial charge in [-0.15, -0.1) is 0 Å². The Kier molecular flexibility index (Phi) is 5.00. The molecule has 30 heavy (non-hydrogen) atoms. The van der Waals surface area contributed by atoms with Crippen LogP contribution in [0, 0.1) is 5.41 Å². The Labute approximate surface area is 176 Å². The number of alkyl halides is 1. The first-order chi connectivity index (χ1) is 14.0. The number of anilines is 2. The smallest absolute Gasteiger partial charge is 0.266 e. The molecule has 0 aromatic heterocycles. The molecule has 6 nitrogen and oxygen atoms in total. The van der Waals surface area contributed by atoms with Gasteiger partial charge in [0.1, 0.15) is 6.17 Å². The lowest BCUT2D eigenvalue weighted by molar-refractivity contribution is 0.0982. The van der Waals surface area contributed by atoms with Gasteiger partial charge in [-0.25, -0.2) is 17.5 Å². The van der Waals surface area contributed by atoms with Crippen LogP contribution in [0.25, 0.3) is 0 Å². The summed E-state index contributed by atoms with van der Waals surface area (Å²) in [5.41, 5.74) is 3.79. The quantitative estimate of drug-likeness (QED) is 0.777. The van der Waals surface area contributed by atoms with Crippen molar-refractivity contribution in [3.8, 4) is 0 Å². The molecule has 2 heterocycles. The summed E-state index contributed by atoms with van der Waals surface area (Å²) in [7, 11) is -3.67. The zero-order chi connectivity index (χ0) is 21.7. The van der Waals surface area contributed by atoms with E-state index in [1.54, 1.807) is 12.1 Å². The fourth-order valence-corrected chi connectivity index (χ4v) is 4.78. The number of hydrogen-bond donors (Lipinski definition) is 2. The summed E-state index contributed by atoms with van der Waals surface area (Å²) < 4.78 is 38.4. The molecule has 160 valence electrons. The topological polar surface area (TPSA) is 78.5 Å². The van der Waals surface area contributed by atoms with Gasteiger partial charge in [-0.05, 0) is 41.2 Å². The number of para-hydroxylation sites is 1. The second kappa shape index (κ2) is 7.27. The van der Waals surface area contributed by atoms with Gasteiger partial charge in [0.05, 0.1) is 36.6 Å². The second-order valence-corrected chi connectivity index (χ2v) is 10.6. The summed E-state index contributed by atoms with van der Waals surface area (Å²) in [4.78, 5) is 14.6. The third-order valence-electron chi connectivity index (χ3n) is 5.80. The van der Waals surface area contributed by atoms with Crippen molar-refractivity contribution < 1.29 is 17.6 Å². The number of benzene rings is 2. The molecule has 0 aliphatic carbocycles. The molecular weight excluding hydrogens is 405 g/mol. The van der Waals surface area contributed by atoms with Gasteiger partial charge in [-0.1, -0.05) is 38.1 Å². The van der Waals surface area contributed by atoms with Crippen LogP contribution in [0.15, 0.2) is 42.5 Å². The Hall–Kier alpha value is -2.61. The summed E-state index contributed by atoms with van der Waals surface area (Å²) in [5.74, 6) is -0.649. The molecule has 1 amide bonds. The number of hydrogen-bond acceptors (Lipinski definition) is 5. The molecule has 1 atom stereocenters. The summed E-state index contributed by atoms with van der Waals surface area (Å²) in [6.45, 7) is 5.13. The van der Waals surface area contributed by atoms with Gasteiger partial charge in [-0.2, -0.15) is 0 Å². The largest absolute Gasteiger partial charge is 0.377 e. The fraction of sp³-hybridized carbons (Fsp3) is 0.409. The first-order valence-corrected chi connectivity index (χ1v) is 11.8. The predicted molar refractivity (Wildman–Crippen MR) is 116 cm³/mol. The lowest BCUT2D eigenvalue weighted by atomic mass is 9.72. The standard InChI is InChI=1S/C22H26FN3O3S/c1-22(2)11-15-7-5-9-18(21(27)25-30(3,28)29)19(15)24-20(22)14-6-4-8-17(10-14)26-12-16(23)13-26/h4-10,16,20,24H,11-13H2,1-3H3,(H,25,27). The highest BCUT2D eigenvalue weighted by Crippen LogP contribution is 2.46. The maximum absolute atomic E-state index is 13.3. The van der Waals surface area contributed by atoms with E-state index in [4.69, 9.17) is 0 Å². The summed E-state index contributed by atoms with van der Waals surface area (Å²) in [5, 5.41) is 3.50. The zero-order valence-electron chi connectivity index (χ0n) is 17.3. The normalized spacial score (nSPS) is 20.7. The zero-order valence-corrected chi connectivity index (χ0v) is 18.1. The average Bonchev–Trinajstić information content (AvgIpc) is 2.62. The van der Waals surface area contributed by atoms with Gasteiger partial charge < -0.3 is 10.2 Å². The number of carbonyl (C=O) groups excluding carboxylic acids is 1. The van der Waals surface area contributed by atoms with Crippen LogP contribution < -0.4 is 14.9 Å². The molecule has 2 aliphatic rings. The van der Waals surface area contributed by atoms with Crippen molar-refractivity contribution >= 4 is 27.3 Å². The van der Waals surface area contributed by atoms with E-state index in [-0.39, 0.29) is 11.5 Å². The third kappa shape index (κ3) is 4.01. The van der Waals surface area contributed by atoms with Crippen molar-refractivity contribution in [1.29, 1.82) is 0 Å². The van der Waals surface area contributed by atoms with Crippen LogP contribution in [0.4, 0.5) is 15.8 Å². The van der Waals surface area contributed by atoms with Gasteiger partial charge in [0.25, 0.3) is 5.91 Å². The Bertz CT molecular complexity index is 1090. The first kappa shape index (κ1) is 20.7. The molecule has 0 saturated carbocycles. The van der Waals surface area contributed by atoms with Gasteiger partial charge in [0.2, 0.25) is 10.0 Å². The number of nitrogens with one attached hydrogen (secondary N) is 2. The molecule has 4 rings (SSSR count). The molecule has 2 aromatic carbocycles. The van der Waals surface area contributed by atoms with Crippen LogP contribution in [0.3, 0.4) is 0 Å². The maximum Gasteiger partial charge on any atom is 0.266 e. The summed E-state index contributed by atoms with van der Waals surface area (Å²) in [6.07, 6.45) is 0.907. The van der Waals surface area contributed by atoms with Crippen LogP contribution in [0.2, 0.25) is 0 Å². The van der Waals surface area contributed by atoms with E-state index in [2.05, 4.69) is 30.0 Å². The third-order valence-corrected chi connectivity index (χ3v) is 6.35. The van der Waals surface area contributed by atoms with E-state index in [0.29, 0.717) is 24.3 Å². The number of carbonyl (C=O) groups is 1. The SMILES string of the molecule is CC1(C)Cc2cccc(C(=O)NS(C)(=O)=O)c2NC1c1cccc(N2CC(F)C2)c1. The van der Waals surface area contributed by atoms with Crippen LogP contribution in [-0.2, 0) is 16.4 Å². The molecule has 2 aliphatic heterocycles. The number of fused-ring (bicyclic) bond motifs is 1. The number of halogens is 1. The monoisotopic (exact) mass is 431 g/mol. The highest BCUT2D eigenvalue weighted by atomic mass is 32.2. The van der Waals surface area contributed by atoms with E-state index in [1.807, 2.05) is 29.2 Å². The number of sulfonamides is 1. The molecule has 2 aromatic rings. The van der Waals surface area contributed by atoms with Crippen molar-refractivity contribution in [2.45, 2.75) is 32.5 Å². The minimum Gasteiger partial charge on any atom is -0.377 e. The van der Waals surface area contributed by atoms with Crippen LogP contribution >= 0.6 is 0 Å². The Balaban J connectivity index is 1.69. The molecule has 1 fully saturated rings. The van der Waals surface area contributed by atoms with E-state index in [0.717, 1.165) is 29.5 Å². The highest BCUT2D eigenvalue weighted by molar-refractivity contribution is 7.89. The van der Waals surface area contributed by atoms with E-state index in [9.17, 15) is 17.6 Å². The molecular formula is C22H26FN3O3S. The lowest BCUT2D eigenvalue weighted by Crippen LogP contribution is -2.48. The summed E-state index contributed by atoms with van der Waals surface area (Å²) in [6, 6.07) is 13.3. The van der Waals surface area contributed by atoms with Gasteiger partial charge in [0.15, 0.2) is 0 Å². The molecule has 0 bridgehead atoms. The molecule has 0 spiro atoms. The number of nitrogens with zero attached hydrogens (tertiary/aromatic N) is 1. The fourth-order valence-electron chi connectivity index (χ4n) is 4.33. The number of rotatable bonds is 4. The Morgan fingerprint density at radius 3 is 2.57 bits per heavy atom. The second-order valence-electron chi connectivity index (χ2n) is 8.88. The number of amides is 1. The van der Waals surface area contributed by atoms with Crippen molar-refractivity contribution in [2.24, 2.45) is 5.41 Å². The molecule has 1 unspecified atom stereocenters. The maximum atomic E-state index is 13.3. The Morgan fingerprint density at radius 1 is 1.20 bits per heavy atom. The molecule has 2 N–H and O–H groups in total. The van der Waals surface area contributed by atoms with E-state index < -0.39 is 22.1 Å². The van der Waals surface area contributed by atoms with Crippen LogP contribution in [0.1, 0.15) is 41.4 Å². The van der Waals surface area contributed by atoms with Crippen molar-refractivity contribution in [1.82, 2.24) is 4.72 Å². The minimum absolute atomic E-state index is 0.0976. The minimum atomic E-state index is -3.67.